The van der Waals surface area contributed by atoms with Crippen LogP contribution in [0.15, 0.2) is 36.7 Å². The minimum atomic E-state index is 0.469. The maximum absolute atomic E-state index is 5.67. The van der Waals surface area contributed by atoms with Crippen molar-refractivity contribution < 1.29 is 0 Å². The normalized spacial score (nSPS) is 11.0. The lowest BCUT2D eigenvalue weighted by molar-refractivity contribution is 0.619. The Morgan fingerprint density at radius 3 is 2.59 bits per heavy atom. The fraction of sp³-hybridized carbons (Fsp3) is 0.357. The van der Waals surface area contributed by atoms with Crippen LogP contribution < -0.4 is 5.73 Å². The topological polar surface area (TPSA) is 43.8 Å². The molecule has 1 aromatic heterocycles. The third-order valence-electron chi connectivity index (χ3n) is 2.89. The van der Waals surface area contributed by atoms with Crippen LogP contribution in [0, 0.1) is 0 Å². The molecule has 0 aliphatic heterocycles. The molecule has 2 rings (SSSR count). The second-order valence-corrected chi connectivity index (χ2v) is 4.63. The van der Waals surface area contributed by atoms with E-state index in [0.717, 1.165) is 24.5 Å². The van der Waals surface area contributed by atoms with Crippen molar-refractivity contribution in [3.63, 3.8) is 0 Å². The summed E-state index contributed by atoms with van der Waals surface area (Å²) in [4.78, 5) is 4.39. The van der Waals surface area contributed by atoms with Crippen LogP contribution >= 0.6 is 0 Å². The molecule has 0 spiro atoms. The number of hydrogen-bond acceptors (Lipinski definition) is 2. The Morgan fingerprint density at radius 1 is 1.24 bits per heavy atom. The number of nitrogens with zero attached hydrogens (tertiary/aromatic N) is 2. The average Bonchev–Trinajstić information content (AvgIpc) is 2.76. The molecule has 1 aromatic carbocycles. The molecule has 0 saturated heterocycles. The quantitative estimate of drug-likeness (QED) is 0.819. The predicted molar refractivity (Wildman–Crippen MR) is 70.9 cm³/mol. The number of aryl methyl sites for hydroxylation is 2. The Balaban J connectivity index is 2.02. The fourth-order valence-electron chi connectivity index (χ4n) is 1.94. The zero-order chi connectivity index (χ0) is 12.3. The van der Waals surface area contributed by atoms with Gasteiger partial charge in [-0.1, -0.05) is 26.0 Å². The molecule has 3 heteroatoms. The SMILES string of the molecule is CC(C)c1nccn1CCc1ccc(N)cc1. The molecular formula is C14H19N3. The van der Waals surface area contributed by atoms with Gasteiger partial charge in [-0.05, 0) is 24.1 Å². The first-order chi connectivity index (χ1) is 8.16. The Bertz CT molecular complexity index is 468. The van der Waals surface area contributed by atoms with Gasteiger partial charge in [0.15, 0.2) is 0 Å². The van der Waals surface area contributed by atoms with Crippen LogP contribution in [0.3, 0.4) is 0 Å². The van der Waals surface area contributed by atoms with Crippen molar-refractivity contribution >= 4 is 5.69 Å². The zero-order valence-electron chi connectivity index (χ0n) is 10.4. The van der Waals surface area contributed by atoms with Crippen molar-refractivity contribution in [1.29, 1.82) is 0 Å². The standard InChI is InChI=1S/C14H19N3/c1-11(2)14-16-8-10-17(14)9-7-12-3-5-13(15)6-4-12/h3-6,8,10-11H,7,9,15H2,1-2H3. The molecule has 0 radical (unpaired) electrons. The number of benzene rings is 1. The van der Waals surface area contributed by atoms with Gasteiger partial charge in [-0.25, -0.2) is 4.98 Å². The summed E-state index contributed by atoms with van der Waals surface area (Å²) in [6.07, 6.45) is 4.93. The third-order valence-corrected chi connectivity index (χ3v) is 2.89. The Labute approximate surface area is 102 Å². The number of nitrogens with two attached hydrogens (primary N) is 1. The Morgan fingerprint density at radius 2 is 1.94 bits per heavy atom. The van der Waals surface area contributed by atoms with E-state index in [0.29, 0.717) is 5.92 Å². The second-order valence-electron chi connectivity index (χ2n) is 4.63. The molecule has 0 unspecified atom stereocenters. The van der Waals surface area contributed by atoms with Crippen LogP contribution in [0.25, 0.3) is 0 Å². The molecule has 17 heavy (non-hydrogen) atoms. The smallest absolute Gasteiger partial charge is 0.111 e. The van der Waals surface area contributed by atoms with E-state index in [2.05, 4.69) is 35.5 Å². The van der Waals surface area contributed by atoms with Crippen molar-refractivity contribution in [2.75, 3.05) is 5.73 Å². The maximum atomic E-state index is 5.67. The third kappa shape index (κ3) is 2.87. The Hall–Kier alpha value is -1.77. The highest BCUT2D eigenvalue weighted by molar-refractivity contribution is 5.39. The van der Waals surface area contributed by atoms with Crippen molar-refractivity contribution in [2.24, 2.45) is 0 Å². The van der Waals surface area contributed by atoms with Gasteiger partial charge >= 0.3 is 0 Å². The Kier molecular flexibility index (Phi) is 3.47. The molecule has 0 aliphatic carbocycles. The molecule has 0 saturated carbocycles. The molecule has 3 nitrogen and oxygen atoms in total. The van der Waals surface area contributed by atoms with Crippen LogP contribution in [0.2, 0.25) is 0 Å². The summed E-state index contributed by atoms with van der Waals surface area (Å²) >= 11 is 0. The van der Waals surface area contributed by atoms with Gasteiger partial charge in [0.1, 0.15) is 5.82 Å². The largest absolute Gasteiger partial charge is 0.399 e. The maximum Gasteiger partial charge on any atom is 0.111 e. The van der Waals surface area contributed by atoms with Crippen molar-refractivity contribution in [2.45, 2.75) is 32.7 Å². The number of aromatic nitrogens is 2. The zero-order valence-corrected chi connectivity index (χ0v) is 10.4. The highest BCUT2D eigenvalue weighted by Crippen LogP contribution is 2.13. The highest BCUT2D eigenvalue weighted by atomic mass is 15.1. The minimum absolute atomic E-state index is 0.469. The van der Waals surface area contributed by atoms with Gasteiger partial charge < -0.3 is 10.3 Å². The molecule has 90 valence electrons. The van der Waals surface area contributed by atoms with E-state index in [-0.39, 0.29) is 0 Å². The lowest BCUT2D eigenvalue weighted by Crippen LogP contribution is -2.06. The molecule has 0 fully saturated rings. The van der Waals surface area contributed by atoms with Crippen LogP contribution in [0.1, 0.15) is 31.2 Å². The molecule has 0 atom stereocenters. The molecule has 2 aromatic rings. The van der Waals surface area contributed by atoms with Crippen molar-refractivity contribution in [1.82, 2.24) is 9.55 Å². The molecule has 1 heterocycles. The first-order valence-electron chi connectivity index (χ1n) is 6.02. The van der Waals surface area contributed by atoms with Gasteiger partial charge in [-0.15, -0.1) is 0 Å². The summed E-state index contributed by atoms with van der Waals surface area (Å²) in [6.45, 7) is 5.31. The summed E-state index contributed by atoms with van der Waals surface area (Å²) in [6, 6.07) is 8.07. The minimum Gasteiger partial charge on any atom is -0.399 e. The van der Waals surface area contributed by atoms with E-state index in [1.807, 2.05) is 24.5 Å². The number of imidazole rings is 1. The molecule has 2 N–H and O–H groups in total. The number of anilines is 1. The first-order valence-corrected chi connectivity index (χ1v) is 6.02. The van der Waals surface area contributed by atoms with Crippen molar-refractivity contribution in [3.8, 4) is 0 Å². The van der Waals surface area contributed by atoms with E-state index in [1.54, 1.807) is 0 Å². The van der Waals surface area contributed by atoms with E-state index in [1.165, 1.54) is 5.56 Å². The van der Waals surface area contributed by atoms with Gasteiger partial charge in [-0.3, -0.25) is 0 Å². The van der Waals surface area contributed by atoms with E-state index in [9.17, 15) is 0 Å². The number of nitrogen functional groups attached to an aromatic ring is 1. The van der Waals surface area contributed by atoms with Gasteiger partial charge in [-0.2, -0.15) is 0 Å². The molecule has 0 aliphatic rings. The monoisotopic (exact) mass is 229 g/mol. The molecule has 0 bridgehead atoms. The van der Waals surface area contributed by atoms with Crippen LogP contribution in [-0.2, 0) is 13.0 Å². The highest BCUT2D eigenvalue weighted by Gasteiger charge is 2.06. The van der Waals surface area contributed by atoms with Gasteiger partial charge in [0.2, 0.25) is 0 Å². The van der Waals surface area contributed by atoms with Crippen LogP contribution in [0.4, 0.5) is 5.69 Å². The summed E-state index contributed by atoms with van der Waals surface area (Å²) in [5, 5.41) is 0. The van der Waals surface area contributed by atoms with Gasteiger partial charge in [0.25, 0.3) is 0 Å². The average molecular weight is 229 g/mol. The van der Waals surface area contributed by atoms with Gasteiger partial charge in [0, 0.05) is 30.5 Å². The van der Waals surface area contributed by atoms with E-state index in [4.69, 9.17) is 5.73 Å². The summed E-state index contributed by atoms with van der Waals surface area (Å²) in [5.41, 5.74) is 7.79. The van der Waals surface area contributed by atoms with Crippen molar-refractivity contribution in [3.05, 3.63) is 48.0 Å². The summed E-state index contributed by atoms with van der Waals surface area (Å²) in [5.74, 6) is 1.62. The first kappa shape index (κ1) is 11.7. The van der Waals surface area contributed by atoms with Crippen LogP contribution in [-0.4, -0.2) is 9.55 Å². The second kappa shape index (κ2) is 5.04. The fourth-order valence-corrected chi connectivity index (χ4v) is 1.94. The number of hydrogen-bond donors (Lipinski definition) is 1. The van der Waals surface area contributed by atoms with E-state index < -0.39 is 0 Å². The summed E-state index contributed by atoms with van der Waals surface area (Å²) in [7, 11) is 0. The molecular weight excluding hydrogens is 210 g/mol. The lowest BCUT2D eigenvalue weighted by Gasteiger charge is -2.10. The molecule has 0 amide bonds. The van der Waals surface area contributed by atoms with Gasteiger partial charge in [0.05, 0.1) is 0 Å². The summed E-state index contributed by atoms with van der Waals surface area (Å²) < 4.78 is 2.22. The van der Waals surface area contributed by atoms with Crippen LogP contribution in [0.5, 0.6) is 0 Å². The van der Waals surface area contributed by atoms with E-state index >= 15 is 0 Å². The predicted octanol–water partition coefficient (Wildman–Crippen LogP) is 2.83. The lowest BCUT2D eigenvalue weighted by atomic mass is 10.1. The number of rotatable bonds is 4.